The average Bonchev–Trinajstić information content (AvgIpc) is 3.02. The van der Waals surface area contributed by atoms with E-state index in [2.05, 4.69) is 11.1 Å². The van der Waals surface area contributed by atoms with Gasteiger partial charge in [-0.15, -0.1) is 11.3 Å². The molecule has 2 rings (SSSR count). The minimum Gasteiger partial charge on any atom is -0.396 e. The molecule has 7 heteroatoms. The van der Waals surface area contributed by atoms with Crippen LogP contribution in [0.5, 0.6) is 0 Å². The number of rotatable bonds is 5. The molecule has 2 aromatic rings. The molecule has 0 saturated carbocycles. The minimum absolute atomic E-state index is 0.0364. The van der Waals surface area contributed by atoms with E-state index in [1.807, 2.05) is 29.8 Å². The van der Waals surface area contributed by atoms with Gasteiger partial charge in [0.05, 0.1) is 17.1 Å². The van der Waals surface area contributed by atoms with Gasteiger partial charge in [-0.25, -0.2) is 4.98 Å². The fourth-order valence-electron chi connectivity index (χ4n) is 2.01. The monoisotopic (exact) mass is 303 g/mol. The van der Waals surface area contributed by atoms with Gasteiger partial charge < -0.3 is 15.2 Å². The van der Waals surface area contributed by atoms with Crippen LogP contribution in [0.3, 0.4) is 0 Å². The summed E-state index contributed by atoms with van der Waals surface area (Å²) in [4.78, 5) is 18.5. The van der Waals surface area contributed by atoms with E-state index >= 15 is 0 Å². The smallest absolute Gasteiger partial charge is 0.174 e. The van der Waals surface area contributed by atoms with E-state index in [1.54, 1.807) is 13.1 Å². The predicted octanol–water partition coefficient (Wildman–Crippen LogP) is 2.16. The topological polar surface area (TPSA) is 87.9 Å². The molecule has 2 heterocycles. The molecule has 0 radical (unpaired) electrons. The molecule has 110 valence electrons. The van der Waals surface area contributed by atoms with Gasteiger partial charge in [-0.2, -0.15) is 5.26 Å². The minimum atomic E-state index is -0.0364. The van der Waals surface area contributed by atoms with Crippen molar-refractivity contribution >= 4 is 27.8 Å². The first kappa shape index (κ1) is 15.1. The lowest BCUT2D eigenvalue weighted by atomic mass is 10.2. The van der Waals surface area contributed by atoms with Crippen LogP contribution in [0.25, 0.3) is 0 Å². The summed E-state index contributed by atoms with van der Waals surface area (Å²) in [7, 11) is 3.77. The third-order valence-corrected chi connectivity index (χ3v) is 4.62. The van der Waals surface area contributed by atoms with Crippen molar-refractivity contribution in [2.24, 2.45) is 7.05 Å². The summed E-state index contributed by atoms with van der Waals surface area (Å²) in [5.74, 6) is 0.836. The summed E-state index contributed by atoms with van der Waals surface area (Å²) in [6.45, 7) is 2.32. The first-order valence-electron chi connectivity index (χ1n) is 6.52. The highest BCUT2D eigenvalue weighted by molar-refractivity contribution is 7.19. The number of hydrogen-bond acceptors (Lipinski definition) is 6. The van der Waals surface area contributed by atoms with Gasteiger partial charge in [0.15, 0.2) is 5.78 Å². The lowest BCUT2D eigenvalue weighted by Crippen LogP contribution is -2.18. The van der Waals surface area contributed by atoms with Gasteiger partial charge in [0.2, 0.25) is 0 Å². The van der Waals surface area contributed by atoms with Gasteiger partial charge in [0.25, 0.3) is 0 Å². The van der Waals surface area contributed by atoms with Crippen LogP contribution in [0.4, 0.5) is 10.7 Å². The Labute approximate surface area is 127 Å². The van der Waals surface area contributed by atoms with Crippen molar-refractivity contribution in [3.63, 3.8) is 0 Å². The predicted molar refractivity (Wildman–Crippen MR) is 83.4 cm³/mol. The highest BCUT2D eigenvalue weighted by Gasteiger charge is 2.22. The molecule has 0 aliphatic carbocycles. The normalized spacial score (nSPS) is 10.4. The molecule has 0 atom stereocenters. The van der Waals surface area contributed by atoms with Crippen molar-refractivity contribution in [3.05, 3.63) is 28.7 Å². The second-order valence-electron chi connectivity index (χ2n) is 4.72. The number of nitriles is 1. The first-order valence-corrected chi connectivity index (χ1v) is 7.34. The number of nitrogens with two attached hydrogens (primary N) is 1. The number of carbonyl (C=O) groups is 1. The number of nitrogens with zero attached hydrogens (tertiary/aromatic N) is 4. The summed E-state index contributed by atoms with van der Waals surface area (Å²) < 4.78 is 1.91. The largest absolute Gasteiger partial charge is 0.396 e. The number of Topliss-reactive ketones (excluding diaryl/α,β-unsaturated/α-hetero) is 1. The Morgan fingerprint density at radius 2 is 2.33 bits per heavy atom. The Kier molecular flexibility index (Phi) is 4.29. The van der Waals surface area contributed by atoms with E-state index in [4.69, 9.17) is 5.73 Å². The van der Waals surface area contributed by atoms with Crippen molar-refractivity contribution in [1.82, 2.24) is 9.55 Å². The van der Waals surface area contributed by atoms with Crippen LogP contribution in [0.1, 0.15) is 34.4 Å². The maximum atomic E-state index is 11.9. The van der Waals surface area contributed by atoms with Crippen LogP contribution in [-0.2, 0) is 13.6 Å². The lowest BCUT2D eigenvalue weighted by molar-refractivity contribution is 0.0993. The van der Waals surface area contributed by atoms with E-state index < -0.39 is 0 Å². The number of anilines is 2. The molecule has 0 aliphatic heterocycles. The third-order valence-electron chi connectivity index (χ3n) is 3.26. The van der Waals surface area contributed by atoms with Crippen molar-refractivity contribution in [3.8, 4) is 6.07 Å². The Morgan fingerprint density at radius 1 is 1.62 bits per heavy atom. The number of nitrogen functional groups attached to an aromatic ring is 1. The fraction of sp³-hybridized carbons (Fsp3) is 0.357. The van der Waals surface area contributed by atoms with Crippen LogP contribution in [0, 0.1) is 11.3 Å². The van der Waals surface area contributed by atoms with Gasteiger partial charge in [0.1, 0.15) is 22.5 Å². The zero-order valence-corrected chi connectivity index (χ0v) is 13.1. The van der Waals surface area contributed by atoms with E-state index in [0.29, 0.717) is 28.4 Å². The lowest BCUT2D eigenvalue weighted by Gasteiger charge is -2.17. The van der Waals surface area contributed by atoms with Gasteiger partial charge >= 0.3 is 0 Å². The molecule has 0 fully saturated rings. The molecular weight excluding hydrogens is 286 g/mol. The van der Waals surface area contributed by atoms with Crippen molar-refractivity contribution in [2.45, 2.75) is 19.9 Å². The Balaban J connectivity index is 2.37. The number of aromatic nitrogens is 2. The van der Waals surface area contributed by atoms with Crippen molar-refractivity contribution < 1.29 is 4.79 Å². The Bertz CT molecular complexity index is 710. The van der Waals surface area contributed by atoms with Crippen molar-refractivity contribution in [2.75, 3.05) is 17.7 Å². The van der Waals surface area contributed by atoms with Crippen LogP contribution in [0.15, 0.2) is 12.4 Å². The highest BCUT2D eigenvalue weighted by Crippen LogP contribution is 2.38. The molecule has 0 unspecified atom stereocenters. The Hall–Kier alpha value is -2.33. The number of hydrogen-bond donors (Lipinski definition) is 1. The molecule has 0 aromatic carbocycles. The SMILES string of the molecule is CCC(=O)c1sc(N(C)Cc2nccn2C)c(C#N)c1N. The average molecular weight is 303 g/mol. The zero-order valence-electron chi connectivity index (χ0n) is 12.3. The molecule has 0 saturated heterocycles. The van der Waals surface area contributed by atoms with Crippen LogP contribution >= 0.6 is 11.3 Å². The standard InChI is InChI=1S/C14H17N5OS/c1-4-10(20)13-12(16)9(7-15)14(21-13)19(3)8-11-17-5-6-18(11)2/h5-6H,4,8,16H2,1-3H3. The summed E-state index contributed by atoms with van der Waals surface area (Å²) >= 11 is 1.27. The van der Waals surface area contributed by atoms with Crippen LogP contribution < -0.4 is 10.6 Å². The fourth-order valence-corrected chi connectivity index (χ4v) is 3.15. The summed E-state index contributed by atoms with van der Waals surface area (Å²) in [5, 5.41) is 10.0. The molecule has 2 aromatic heterocycles. The molecular formula is C14H17N5OS. The van der Waals surface area contributed by atoms with Gasteiger partial charge in [-0.3, -0.25) is 4.79 Å². The molecule has 0 aliphatic rings. The second-order valence-corrected chi connectivity index (χ2v) is 5.72. The van der Waals surface area contributed by atoms with Gasteiger partial charge in [-0.05, 0) is 0 Å². The molecule has 2 N–H and O–H groups in total. The number of ketones is 1. The zero-order chi connectivity index (χ0) is 15.6. The van der Waals surface area contributed by atoms with E-state index in [9.17, 15) is 10.1 Å². The maximum absolute atomic E-state index is 11.9. The molecule has 6 nitrogen and oxygen atoms in total. The first-order chi connectivity index (χ1) is 9.99. The van der Waals surface area contributed by atoms with Gasteiger partial charge in [0, 0.05) is 32.9 Å². The Morgan fingerprint density at radius 3 is 2.86 bits per heavy atom. The quantitative estimate of drug-likeness (QED) is 0.855. The van der Waals surface area contributed by atoms with Crippen molar-refractivity contribution in [1.29, 1.82) is 5.26 Å². The summed E-state index contributed by atoms with van der Waals surface area (Å²) in [6.07, 6.45) is 3.96. The summed E-state index contributed by atoms with van der Waals surface area (Å²) in [5.41, 5.74) is 6.61. The second kappa shape index (κ2) is 5.97. The number of aryl methyl sites for hydroxylation is 1. The van der Waals surface area contributed by atoms with Crippen LogP contribution in [0.2, 0.25) is 0 Å². The highest BCUT2D eigenvalue weighted by atomic mass is 32.1. The van der Waals surface area contributed by atoms with E-state index in [-0.39, 0.29) is 11.5 Å². The van der Waals surface area contributed by atoms with E-state index in [0.717, 1.165) is 5.82 Å². The molecule has 21 heavy (non-hydrogen) atoms. The summed E-state index contributed by atoms with van der Waals surface area (Å²) in [6, 6.07) is 2.10. The number of thiophene rings is 1. The third kappa shape index (κ3) is 2.76. The van der Waals surface area contributed by atoms with Crippen LogP contribution in [-0.4, -0.2) is 22.4 Å². The maximum Gasteiger partial charge on any atom is 0.174 e. The van der Waals surface area contributed by atoms with E-state index in [1.165, 1.54) is 11.3 Å². The van der Waals surface area contributed by atoms with Gasteiger partial charge in [-0.1, -0.05) is 6.92 Å². The number of carbonyl (C=O) groups excluding carboxylic acids is 1. The molecule has 0 bridgehead atoms. The molecule has 0 spiro atoms. The number of imidazole rings is 1. The molecule has 0 amide bonds.